The fourth-order valence-corrected chi connectivity index (χ4v) is 1.60. The topological polar surface area (TPSA) is 24.9 Å². The van der Waals surface area contributed by atoms with Crippen LogP contribution < -0.4 is 5.32 Å². The van der Waals surface area contributed by atoms with Crippen molar-refractivity contribution >= 4 is 22.9 Å². The maximum Gasteiger partial charge on any atom is 0.183 e. The van der Waals surface area contributed by atoms with Gasteiger partial charge in [-0.15, -0.1) is 11.3 Å². The van der Waals surface area contributed by atoms with E-state index in [1.165, 1.54) is 16.2 Å². The Bertz CT molecular complexity index is 222. The maximum absolute atomic E-state index is 5.66. The lowest BCUT2D eigenvalue weighted by Crippen LogP contribution is -2.21. The monoisotopic (exact) mass is 190 g/mol. The van der Waals surface area contributed by atoms with Gasteiger partial charge in [0.15, 0.2) is 4.47 Å². The molecule has 0 saturated carbocycles. The van der Waals surface area contributed by atoms with Crippen LogP contribution in [0.1, 0.15) is 18.7 Å². The summed E-state index contributed by atoms with van der Waals surface area (Å²) in [6.45, 7) is 5.09. The third kappa shape index (κ3) is 3.18. The molecule has 2 nitrogen and oxygen atoms in total. The Kier molecular flexibility index (Phi) is 3.30. The van der Waals surface area contributed by atoms with Gasteiger partial charge >= 0.3 is 0 Å². The van der Waals surface area contributed by atoms with Gasteiger partial charge < -0.3 is 5.32 Å². The Morgan fingerprint density at radius 2 is 2.45 bits per heavy atom. The number of nitrogens with zero attached hydrogens (tertiary/aromatic N) is 1. The zero-order valence-corrected chi connectivity index (χ0v) is 8.17. The summed E-state index contributed by atoms with van der Waals surface area (Å²) in [6.07, 6.45) is 1.81. The van der Waals surface area contributed by atoms with Gasteiger partial charge in [0.2, 0.25) is 0 Å². The lowest BCUT2D eigenvalue weighted by molar-refractivity contribution is 0.593. The Balaban J connectivity index is 2.39. The smallest absolute Gasteiger partial charge is 0.183 e. The van der Waals surface area contributed by atoms with Gasteiger partial charge in [-0.05, 0) is 0 Å². The first kappa shape index (κ1) is 8.97. The van der Waals surface area contributed by atoms with E-state index in [2.05, 4.69) is 24.1 Å². The highest BCUT2D eigenvalue weighted by atomic mass is 35.5. The van der Waals surface area contributed by atoms with Crippen LogP contribution in [0, 0.1) is 0 Å². The van der Waals surface area contributed by atoms with Crippen molar-refractivity contribution in [2.75, 3.05) is 0 Å². The van der Waals surface area contributed by atoms with Crippen LogP contribution in [-0.4, -0.2) is 11.0 Å². The molecule has 1 rings (SSSR count). The Morgan fingerprint density at radius 3 is 2.91 bits per heavy atom. The van der Waals surface area contributed by atoms with Gasteiger partial charge in [0.1, 0.15) is 0 Å². The van der Waals surface area contributed by atoms with Gasteiger partial charge in [0.05, 0.1) is 0 Å². The van der Waals surface area contributed by atoms with Gasteiger partial charge in [-0.1, -0.05) is 25.4 Å². The van der Waals surface area contributed by atoms with E-state index in [0.29, 0.717) is 10.5 Å². The van der Waals surface area contributed by atoms with E-state index >= 15 is 0 Å². The first-order valence-corrected chi connectivity index (χ1v) is 4.71. The maximum atomic E-state index is 5.66. The van der Waals surface area contributed by atoms with Crippen LogP contribution in [0.5, 0.6) is 0 Å². The van der Waals surface area contributed by atoms with Crippen LogP contribution in [0.2, 0.25) is 4.47 Å². The molecule has 0 atom stereocenters. The van der Waals surface area contributed by atoms with E-state index < -0.39 is 0 Å². The molecule has 1 heterocycles. The van der Waals surface area contributed by atoms with Crippen LogP contribution >= 0.6 is 22.9 Å². The summed E-state index contributed by atoms with van der Waals surface area (Å²) >= 11 is 7.18. The molecule has 0 fully saturated rings. The first-order chi connectivity index (χ1) is 5.18. The molecule has 0 aliphatic rings. The fraction of sp³-hybridized carbons (Fsp3) is 0.571. The molecule has 1 aromatic heterocycles. The lowest BCUT2D eigenvalue weighted by atomic mass is 10.4. The van der Waals surface area contributed by atoms with Crippen molar-refractivity contribution in [3.63, 3.8) is 0 Å². The standard InChI is InChI=1S/C7H11ClN2S/c1-5(2)9-3-6-4-10-7(8)11-6/h4-5,9H,3H2,1-2H3. The number of aromatic nitrogens is 1. The van der Waals surface area contributed by atoms with Crippen LogP contribution in [0.4, 0.5) is 0 Å². The Labute approximate surface area is 75.6 Å². The van der Waals surface area contributed by atoms with Gasteiger partial charge in [0.25, 0.3) is 0 Å². The largest absolute Gasteiger partial charge is 0.310 e. The highest BCUT2D eigenvalue weighted by Crippen LogP contribution is 2.17. The lowest BCUT2D eigenvalue weighted by Gasteiger charge is -2.04. The second-order valence-corrected chi connectivity index (χ2v) is 4.31. The number of hydrogen-bond donors (Lipinski definition) is 1. The van der Waals surface area contributed by atoms with Crippen LogP contribution in [-0.2, 0) is 6.54 Å². The molecule has 11 heavy (non-hydrogen) atoms. The van der Waals surface area contributed by atoms with E-state index in [-0.39, 0.29) is 0 Å². The Morgan fingerprint density at radius 1 is 1.73 bits per heavy atom. The molecule has 0 spiro atoms. The van der Waals surface area contributed by atoms with Gasteiger partial charge in [-0.3, -0.25) is 0 Å². The van der Waals surface area contributed by atoms with Crippen molar-refractivity contribution in [2.24, 2.45) is 0 Å². The quantitative estimate of drug-likeness (QED) is 0.791. The number of thiazole rings is 1. The average Bonchev–Trinajstić information content (AvgIpc) is 2.31. The first-order valence-electron chi connectivity index (χ1n) is 3.52. The molecule has 0 saturated heterocycles. The van der Waals surface area contributed by atoms with Crippen molar-refractivity contribution < 1.29 is 0 Å². The summed E-state index contributed by atoms with van der Waals surface area (Å²) in [5.74, 6) is 0. The third-order valence-electron chi connectivity index (χ3n) is 1.21. The molecule has 62 valence electrons. The number of halogens is 1. The zero-order valence-electron chi connectivity index (χ0n) is 6.60. The molecule has 0 amide bonds. The molecular weight excluding hydrogens is 180 g/mol. The van der Waals surface area contributed by atoms with Gasteiger partial charge in [-0.2, -0.15) is 0 Å². The number of hydrogen-bond acceptors (Lipinski definition) is 3. The molecule has 0 aliphatic heterocycles. The minimum Gasteiger partial charge on any atom is -0.310 e. The summed E-state index contributed by atoms with van der Waals surface area (Å²) in [5.41, 5.74) is 0. The number of nitrogens with one attached hydrogen (secondary N) is 1. The summed E-state index contributed by atoms with van der Waals surface area (Å²) < 4.78 is 0.616. The van der Waals surface area contributed by atoms with Crippen LogP contribution in [0.25, 0.3) is 0 Å². The fourth-order valence-electron chi connectivity index (χ4n) is 0.670. The molecule has 0 aliphatic carbocycles. The molecular formula is C7H11ClN2S. The van der Waals surface area contributed by atoms with E-state index in [1.807, 2.05) is 6.20 Å². The predicted octanol–water partition coefficient (Wildman–Crippen LogP) is 2.29. The molecule has 1 N–H and O–H groups in total. The van der Waals surface area contributed by atoms with Crippen molar-refractivity contribution in [3.8, 4) is 0 Å². The minimum atomic E-state index is 0.510. The second kappa shape index (κ2) is 4.04. The zero-order chi connectivity index (χ0) is 8.27. The van der Waals surface area contributed by atoms with Crippen LogP contribution in [0.15, 0.2) is 6.20 Å². The van der Waals surface area contributed by atoms with Crippen molar-refractivity contribution in [2.45, 2.75) is 26.4 Å². The molecule has 0 aromatic carbocycles. The molecule has 0 unspecified atom stereocenters. The third-order valence-corrected chi connectivity index (χ3v) is 2.32. The van der Waals surface area contributed by atoms with E-state index in [9.17, 15) is 0 Å². The van der Waals surface area contributed by atoms with E-state index in [1.54, 1.807) is 0 Å². The summed E-state index contributed by atoms with van der Waals surface area (Å²) in [4.78, 5) is 5.12. The van der Waals surface area contributed by atoms with E-state index in [0.717, 1.165) is 6.54 Å². The summed E-state index contributed by atoms with van der Waals surface area (Å²) in [5, 5.41) is 3.29. The minimum absolute atomic E-state index is 0.510. The summed E-state index contributed by atoms with van der Waals surface area (Å²) in [6, 6.07) is 0.510. The van der Waals surface area contributed by atoms with E-state index in [4.69, 9.17) is 11.6 Å². The van der Waals surface area contributed by atoms with Crippen molar-refractivity contribution in [1.82, 2.24) is 10.3 Å². The molecule has 4 heteroatoms. The van der Waals surface area contributed by atoms with Gasteiger partial charge in [-0.25, -0.2) is 4.98 Å². The van der Waals surface area contributed by atoms with Gasteiger partial charge in [0, 0.05) is 23.7 Å². The SMILES string of the molecule is CC(C)NCc1cnc(Cl)s1. The predicted molar refractivity (Wildman–Crippen MR) is 49.1 cm³/mol. The number of rotatable bonds is 3. The van der Waals surface area contributed by atoms with Crippen LogP contribution in [0.3, 0.4) is 0 Å². The second-order valence-electron chi connectivity index (χ2n) is 2.62. The normalized spacial score (nSPS) is 10.9. The molecule has 1 aromatic rings. The Hall–Kier alpha value is -0.120. The summed E-state index contributed by atoms with van der Waals surface area (Å²) in [7, 11) is 0. The highest BCUT2D eigenvalue weighted by molar-refractivity contribution is 7.15. The highest BCUT2D eigenvalue weighted by Gasteiger charge is 1.99. The average molecular weight is 191 g/mol. The molecule has 0 bridgehead atoms. The van der Waals surface area contributed by atoms with Crippen molar-refractivity contribution in [3.05, 3.63) is 15.5 Å². The van der Waals surface area contributed by atoms with Crippen molar-refractivity contribution in [1.29, 1.82) is 0 Å². The molecule has 0 radical (unpaired) electrons.